The molecular weight excluding hydrogens is 408 g/mol. The predicted octanol–water partition coefficient (Wildman–Crippen LogP) is 4.13. The van der Waals surface area contributed by atoms with Gasteiger partial charge in [-0.05, 0) is 49.4 Å². The largest absolute Gasteiger partial charge is 0.375 e. The zero-order valence-corrected chi connectivity index (χ0v) is 18.8. The van der Waals surface area contributed by atoms with Crippen LogP contribution < -0.4 is 22.1 Å². The van der Waals surface area contributed by atoms with Crippen LogP contribution in [0.5, 0.6) is 0 Å². The molecular formula is C23H28N6OS. The van der Waals surface area contributed by atoms with Crippen molar-refractivity contribution < 1.29 is 4.79 Å². The fourth-order valence-electron chi connectivity index (χ4n) is 3.17. The number of amides is 2. The fraction of sp³-hybridized carbons (Fsp3) is 0.261. The Morgan fingerprint density at radius 1 is 1.13 bits per heavy atom. The number of nitrogens with zero attached hydrogens (tertiary/aromatic N) is 2. The molecule has 31 heavy (non-hydrogen) atoms. The van der Waals surface area contributed by atoms with Crippen LogP contribution in [0.2, 0.25) is 0 Å². The number of hydrogen-bond acceptors (Lipinski definition) is 5. The number of hydrogen-bond donors (Lipinski definition) is 4. The van der Waals surface area contributed by atoms with E-state index in [4.69, 9.17) is 11.5 Å². The number of carbonyl (C=O) groups is 1. The van der Waals surface area contributed by atoms with Gasteiger partial charge >= 0.3 is 6.03 Å². The molecule has 0 aliphatic heterocycles. The maximum absolute atomic E-state index is 12.1. The quantitative estimate of drug-likeness (QED) is 0.343. The highest BCUT2D eigenvalue weighted by Crippen LogP contribution is 2.32. The summed E-state index contributed by atoms with van der Waals surface area (Å²) in [6, 6.07) is 15.6. The number of anilines is 1. The number of urea groups is 1. The number of aliphatic imine (C=N–C) groups is 1. The van der Waals surface area contributed by atoms with Gasteiger partial charge in [0.05, 0.1) is 16.3 Å². The van der Waals surface area contributed by atoms with Gasteiger partial charge < -0.3 is 16.8 Å². The minimum absolute atomic E-state index is 0.0367. The topological polar surface area (TPSA) is 118 Å². The lowest BCUT2D eigenvalue weighted by Crippen LogP contribution is -2.44. The van der Waals surface area contributed by atoms with Crippen LogP contribution in [-0.4, -0.2) is 23.5 Å². The molecule has 162 valence electrons. The van der Waals surface area contributed by atoms with Crippen molar-refractivity contribution in [1.82, 2.24) is 15.6 Å². The van der Waals surface area contributed by atoms with Crippen LogP contribution in [0.1, 0.15) is 23.7 Å². The standard InChI is InChI=1S/C23H28N6OS/c1-14-4-6-17(7-5-14)12-15(2)13-26-23(30)29-21(24)28-19-10-8-18(9-11-19)20-16(3)27-22(25)31-20/h4-11,15H,12-13H2,1-3H3,(H2,25,27)(H4,24,26,28,29,30). The summed E-state index contributed by atoms with van der Waals surface area (Å²) in [7, 11) is 0. The monoisotopic (exact) mass is 436 g/mol. The zero-order valence-electron chi connectivity index (χ0n) is 18.0. The second kappa shape index (κ2) is 10.1. The lowest BCUT2D eigenvalue weighted by molar-refractivity contribution is 0.243. The summed E-state index contributed by atoms with van der Waals surface area (Å²) in [6.45, 7) is 6.63. The highest BCUT2D eigenvalue weighted by atomic mass is 32.1. The number of carbonyl (C=O) groups excluding carboxylic acids is 1. The van der Waals surface area contributed by atoms with Crippen LogP contribution >= 0.6 is 11.3 Å². The predicted molar refractivity (Wildman–Crippen MR) is 129 cm³/mol. The van der Waals surface area contributed by atoms with Crippen molar-refractivity contribution in [1.29, 1.82) is 0 Å². The summed E-state index contributed by atoms with van der Waals surface area (Å²) in [6.07, 6.45) is 0.890. The highest BCUT2D eigenvalue weighted by molar-refractivity contribution is 7.18. The fourth-order valence-corrected chi connectivity index (χ4v) is 4.00. The second-order valence-electron chi connectivity index (χ2n) is 7.64. The van der Waals surface area contributed by atoms with E-state index in [1.54, 1.807) is 0 Å². The Kier molecular flexibility index (Phi) is 7.25. The first-order chi connectivity index (χ1) is 14.8. The second-order valence-corrected chi connectivity index (χ2v) is 8.67. The molecule has 0 radical (unpaired) electrons. The number of rotatable bonds is 6. The number of nitrogens with one attached hydrogen (secondary N) is 2. The van der Waals surface area contributed by atoms with E-state index in [9.17, 15) is 4.79 Å². The van der Waals surface area contributed by atoms with E-state index in [0.717, 1.165) is 22.6 Å². The van der Waals surface area contributed by atoms with Gasteiger partial charge in [-0.1, -0.05) is 60.2 Å². The number of thiazole rings is 1. The van der Waals surface area contributed by atoms with Crippen molar-refractivity contribution in [2.45, 2.75) is 27.2 Å². The first-order valence-electron chi connectivity index (χ1n) is 10.1. The van der Waals surface area contributed by atoms with Crippen LogP contribution in [0.3, 0.4) is 0 Å². The highest BCUT2D eigenvalue weighted by Gasteiger charge is 2.09. The van der Waals surface area contributed by atoms with Gasteiger partial charge in [0.25, 0.3) is 0 Å². The lowest BCUT2D eigenvalue weighted by atomic mass is 10.0. The average molecular weight is 437 g/mol. The van der Waals surface area contributed by atoms with Gasteiger partial charge in [-0.2, -0.15) is 0 Å². The van der Waals surface area contributed by atoms with E-state index in [1.165, 1.54) is 22.5 Å². The van der Waals surface area contributed by atoms with Crippen LogP contribution in [0, 0.1) is 19.8 Å². The number of benzene rings is 2. The van der Waals surface area contributed by atoms with Gasteiger partial charge in [0.15, 0.2) is 5.13 Å². The van der Waals surface area contributed by atoms with Gasteiger partial charge in [-0.3, -0.25) is 5.32 Å². The van der Waals surface area contributed by atoms with Crippen molar-refractivity contribution in [2.24, 2.45) is 16.6 Å². The van der Waals surface area contributed by atoms with Gasteiger partial charge in [0, 0.05) is 6.54 Å². The van der Waals surface area contributed by atoms with Crippen molar-refractivity contribution >= 4 is 34.1 Å². The van der Waals surface area contributed by atoms with Crippen LogP contribution in [-0.2, 0) is 6.42 Å². The summed E-state index contributed by atoms with van der Waals surface area (Å²) in [5.74, 6) is 0.332. The lowest BCUT2D eigenvalue weighted by Gasteiger charge is -2.13. The molecule has 0 bridgehead atoms. The molecule has 0 fully saturated rings. The van der Waals surface area contributed by atoms with Gasteiger partial charge in [-0.25, -0.2) is 14.8 Å². The molecule has 0 saturated heterocycles. The molecule has 3 aromatic rings. The number of aryl methyl sites for hydroxylation is 2. The van der Waals surface area contributed by atoms with Gasteiger partial charge in [0.1, 0.15) is 0 Å². The normalized spacial score (nSPS) is 12.4. The van der Waals surface area contributed by atoms with Crippen LogP contribution in [0.25, 0.3) is 10.4 Å². The Balaban J connectivity index is 1.49. The van der Waals surface area contributed by atoms with Crippen molar-refractivity contribution in [3.63, 3.8) is 0 Å². The van der Waals surface area contributed by atoms with Crippen LogP contribution in [0.4, 0.5) is 15.6 Å². The van der Waals surface area contributed by atoms with Crippen LogP contribution in [0.15, 0.2) is 53.5 Å². The van der Waals surface area contributed by atoms with Crippen molar-refractivity contribution in [3.8, 4) is 10.4 Å². The third kappa shape index (κ3) is 6.55. The van der Waals surface area contributed by atoms with Crippen molar-refractivity contribution in [2.75, 3.05) is 12.3 Å². The van der Waals surface area contributed by atoms with E-state index >= 15 is 0 Å². The molecule has 8 heteroatoms. The number of aromatic nitrogens is 1. The maximum atomic E-state index is 12.1. The zero-order chi connectivity index (χ0) is 22.4. The van der Waals surface area contributed by atoms with Gasteiger partial charge in [0.2, 0.25) is 5.96 Å². The molecule has 0 spiro atoms. The summed E-state index contributed by atoms with van der Waals surface area (Å²) >= 11 is 1.45. The smallest absolute Gasteiger partial charge is 0.321 e. The molecule has 3 rings (SSSR count). The van der Waals surface area contributed by atoms with E-state index in [-0.39, 0.29) is 12.0 Å². The van der Waals surface area contributed by atoms with Gasteiger partial charge in [-0.15, -0.1) is 0 Å². The molecule has 7 nitrogen and oxygen atoms in total. The molecule has 2 amide bonds. The minimum Gasteiger partial charge on any atom is -0.375 e. The summed E-state index contributed by atoms with van der Waals surface area (Å²) in [4.78, 5) is 21.6. The first-order valence-corrected chi connectivity index (χ1v) is 10.9. The molecule has 1 unspecified atom stereocenters. The van der Waals surface area contributed by atoms with E-state index in [1.807, 2.05) is 31.2 Å². The Hall–Kier alpha value is -3.39. The summed E-state index contributed by atoms with van der Waals surface area (Å²) in [5, 5.41) is 5.95. The molecule has 2 aromatic carbocycles. The molecule has 1 atom stereocenters. The number of nitrogen functional groups attached to an aromatic ring is 1. The Morgan fingerprint density at radius 2 is 1.81 bits per heavy atom. The number of nitrogens with two attached hydrogens (primary N) is 2. The minimum atomic E-state index is -0.371. The molecule has 0 aliphatic carbocycles. The molecule has 1 heterocycles. The van der Waals surface area contributed by atoms with E-state index in [0.29, 0.717) is 23.3 Å². The first kappa shape index (κ1) is 22.3. The third-order valence-corrected chi connectivity index (χ3v) is 5.79. The Morgan fingerprint density at radius 3 is 2.42 bits per heavy atom. The number of guanidine groups is 1. The molecule has 0 saturated carbocycles. The Labute approximate surface area is 186 Å². The SMILES string of the molecule is Cc1ccc(CC(C)CNC(=O)NC(N)=Nc2ccc(-c3sc(N)nc3C)cc2)cc1. The molecule has 6 N–H and O–H groups in total. The third-order valence-electron chi connectivity index (χ3n) is 4.75. The summed E-state index contributed by atoms with van der Waals surface area (Å²) in [5.41, 5.74) is 16.7. The molecule has 0 aliphatic rings. The average Bonchev–Trinajstić information content (AvgIpc) is 3.06. The van der Waals surface area contributed by atoms with Crippen molar-refractivity contribution in [3.05, 3.63) is 65.4 Å². The summed E-state index contributed by atoms with van der Waals surface area (Å²) < 4.78 is 0. The van der Waals surface area contributed by atoms with E-state index < -0.39 is 0 Å². The maximum Gasteiger partial charge on any atom is 0.321 e. The Bertz CT molecular complexity index is 1060. The van der Waals surface area contributed by atoms with E-state index in [2.05, 4.69) is 58.7 Å². The molecule has 1 aromatic heterocycles.